The van der Waals surface area contributed by atoms with Crippen LogP contribution in [0.15, 0.2) is 6.20 Å². The fraction of sp³-hybridized carbons (Fsp3) is 0.783. The number of amides is 2. The first kappa shape index (κ1) is 23.4. The molecule has 11 heteroatoms. The zero-order valence-corrected chi connectivity index (χ0v) is 19.5. The van der Waals surface area contributed by atoms with E-state index in [-0.39, 0.29) is 24.5 Å². The Hall–Kier alpha value is -2.30. The van der Waals surface area contributed by atoms with Gasteiger partial charge in [-0.3, -0.25) is 9.69 Å². The Bertz CT molecular complexity index is 937. The van der Waals surface area contributed by atoms with Crippen molar-refractivity contribution in [2.75, 3.05) is 32.7 Å². The summed E-state index contributed by atoms with van der Waals surface area (Å²) in [5, 5.41) is 0. The van der Waals surface area contributed by atoms with E-state index in [1.807, 2.05) is 11.1 Å². The van der Waals surface area contributed by atoms with Gasteiger partial charge in [-0.05, 0) is 51.4 Å². The molecule has 188 valence electrons. The van der Waals surface area contributed by atoms with Crippen LogP contribution in [0.25, 0.3) is 0 Å². The monoisotopic (exact) mass is 483 g/mol. The van der Waals surface area contributed by atoms with Crippen LogP contribution < -0.4 is 0 Å². The summed E-state index contributed by atoms with van der Waals surface area (Å²) >= 11 is 0. The van der Waals surface area contributed by atoms with Gasteiger partial charge in [-0.2, -0.15) is 13.2 Å². The first-order valence-electron chi connectivity index (χ1n) is 12.3. The van der Waals surface area contributed by atoms with Gasteiger partial charge in [0.05, 0.1) is 6.54 Å². The first-order chi connectivity index (χ1) is 16.1. The van der Waals surface area contributed by atoms with E-state index < -0.39 is 18.4 Å². The van der Waals surface area contributed by atoms with Crippen molar-refractivity contribution in [1.82, 2.24) is 24.3 Å². The number of fused-ring (bicyclic) bond motifs is 1. The number of imidazole rings is 1. The predicted octanol–water partition coefficient (Wildman–Crippen LogP) is 3.27. The SMILES string of the molecule is CC(OC(=O)N1CCC2(CCCN2C(=O)c2cn3c(n2)CN(CC2CC2)CC3)CC1)C(F)(F)F. The van der Waals surface area contributed by atoms with Crippen LogP contribution in [0.2, 0.25) is 0 Å². The molecule has 3 aliphatic heterocycles. The number of aromatic nitrogens is 2. The van der Waals surface area contributed by atoms with Gasteiger partial charge in [0.15, 0.2) is 6.10 Å². The fourth-order valence-corrected chi connectivity index (χ4v) is 5.54. The number of carbonyl (C=O) groups excluding carboxylic acids is 2. The molecular weight excluding hydrogens is 451 g/mol. The van der Waals surface area contributed by atoms with Crippen LogP contribution in [0, 0.1) is 5.92 Å². The Morgan fingerprint density at radius 3 is 2.56 bits per heavy atom. The third-order valence-electron chi connectivity index (χ3n) is 7.85. The Morgan fingerprint density at radius 1 is 1.15 bits per heavy atom. The van der Waals surface area contributed by atoms with Crippen molar-refractivity contribution in [1.29, 1.82) is 0 Å². The van der Waals surface area contributed by atoms with Gasteiger partial charge in [-0.1, -0.05) is 0 Å². The molecule has 34 heavy (non-hydrogen) atoms. The standard InChI is InChI=1S/C23H32F3N5O3/c1-16(23(24,25)26)34-21(33)29-9-6-22(7-10-29)5-2-8-31(22)20(32)18-14-30-12-11-28(13-17-3-4-17)15-19(30)27-18/h14,16-17H,2-13,15H2,1H3. The molecule has 1 unspecified atom stereocenters. The Balaban J connectivity index is 1.21. The maximum atomic E-state index is 13.5. The quantitative estimate of drug-likeness (QED) is 0.658. The van der Waals surface area contributed by atoms with E-state index >= 15 is 0 Å². The highest BCUT2D eigenvalue weighted by Gasteiger charge is 2.48. The van der Waals surface area contributed by atoms with Crippen molar-refractivity contribution < 1.29 is 27.5 Å². The highest BCUT2D eigenvalue weighted by Crippen LogP contribution is 2.40. The molecule has 0 bridgehead atoms. The number of hydrogen-bond donors (Lipinski definition) is 0. The largest absolute Gasteiger partial charge is 0.437 e. The van der Waals surface area contributed by atoms with Crippen LogP contribution in [0.3, 0.4) is 0 Å². The van der Waals surface area contributed by atoms with Crippen LogP contribution in [-0.4, -0.2) is 86.8 Å². The number of rotatable bonds is 4. The van der Waals surface area contributed by atoms with Crippen LogP contribution in [0.4, 0.5) is 18.0 Å². The van der Waals surface area contributed by atoms with E-state index in [1.165, 1.54) is 17.7 Å². The van der Waals surface area contributed by atoms with Gasteiger partial charge in [0, 0.05) is 51.0 Å². The second-order valence-electron chi connectivity index (χ2n) is 10.3. The summed E-state index contributed by atoms with van der Waals surface area (Å²) in [5.74, 6) is 1.65. The third-order valence-corrected chi connectivity index (χ3v) is 7.85. The Kier molecular flexibility index (Phi) is 6.02. The lowest BCUT2D eigenvalue weighted by atomic mass is 9.85. The highest BCUT2D eigenvalue weighted by atomic mass is 19.4. The molecule has 1 aromatic rings. The summed E-state index contributed by atoms with van der Waals surface area (Å²) in [4.78, 5) is 36.0. The lowest BCUT2D eigenvalue weighted by molar-refractivity contribution is -0.200. The summed E-state index contributed by atoms with van der Waals surface area (Å²) in [7, 11) is 0. The molecule has 0 radical (unpaired) electrons. The van der Waals surface area contributed by atoms with Crippen molar-refractivity contribution in [3.63, 3.8) is 0 Å². The van der Waals surface area contributed by atoms with Crippen molar-refractivity contribution in [3.8, 4) is 0 Å². The zero-order chi connectivity index (χ0) is 24.1. The number of likely N-dealkylation sites (tertiary alicyclic amines) is 2. The minimum Gasteiger partial charge on any atom is -0.437 e. The maximum Gasteiger partial charge on any atom is 0.425 e. The van der Waals surface area contributed by atoms with E-state index in [2.05, 4.69) is 19.2 Å². The smallest absolute Gasteiger partial charge is 0.425 e. The Labute approximate surface area is 197 Å². The van der Waals surface area contributed by atoms with Crippen LogP contribution >= 0.6 is 0 Å². The second kappa shape index (κ2) is 8.73. The van der Waals surface area contributed by atoms with Crippen molar-refractivity contribution >= 4 is 12.0 Å². The average molecular weight is 484 g/mol. The van der Waals surface area contributed by atoms with Gasteiger partial charge in [-0.25, -0.2) is 9.78 Å². The molecule has 4 heterocycles. The minimum atomic E-state index is -4.58. The number of carbonyl (C=O) groups is 2. The van der Waals surface area contributed by atoms with Gasteiger partial charge in [0.2, 0.25) is 0 Å². The first-order valence-corrected chi connectivity index (χ1v) is 12.3. The molecule has 8 nitrogen and oxygen atoms in total. The molecule has 1 aliphatic carbocycles. The van der Waals surface area contributed by atoms with Crippen LogP contribution in [0.1, 0.15) is 61.8 Å². The molecule has 3 fully saturated rings. The van der Waals surface area contributed by atoms with E-state index in [0.717, 1.165) is 57.7 Å². The van der Waals surface area contributed by atoms with E-state index in [9.17, 15) is 22.8 Å². The molecule has 4 aliphatic rings. The summed E-state index contributed by atoms with van der Waals surface area (Å²) < 4.78 is 44.9. The molecular formula is C23H32F3N5O3. The topological polar surface area (TPSA) is 70.9 Å². The van der Waals surface area contributed by atoms with Gasteiger partial charge >= 0.3 is 12.3 Å². The third kappa shape index (κ3) is 4.63. The number of piperidine rings is 1. The number of halogens is 3. The summed E-state index contributed by atoms with van der Waals surface area (Å²) in [6.45, 7) is 5.67. The van der Waals surface area contributed by atoms with E-state index in [4.69, 9.17) is 0 Å². The summed E-state index contributed by atoms with van der Waals surface area (Å²) in [5.41, 5.74) is 0.0800. The molecule has 5 rings (SSSR count). The van der Waals surface area contributed by atoms with Gasteiger partial charge in [0.1, 0.15) is 11.5 Å². The molecule has 2 saturated heterocycles. The van der Waals surface area contributed by atoms with Crippen LogP contribution in [-0.2, 0) is 17.8 Å². The van der Waals surface area contributed by atoms with Crippen molar-refractivity contribution in [2.45, 2.75) is 76.4 Å². The average Bonchev–Trinajstić information content (AvgIpc) is 3.36. The number of ether oxygens (including phenoxy) is 1. The minimum absolute atomic E-state index is 0.0881. The molecule has 0 N–H and O–H groups in total. The lowest BCUT2D eigenvalue weighted by Crippen LogP contribution is -2.55. The molecule has 1 spiro atoms. The molecule has 1 aromatic heterocycles. The number of hydrogen-bond acceptors (Lipinski definition) is 5. The fourth-order valence-electron chi connectivity index (χ4n) is 5.54. The summed E-state index contributed by atoms with van der Waals surface area (Å²) in [6.07, 6.45) is -0.463. The second-order valence-corrected chi connectivity index (χ2v) is 10.3. The van der Waals surface area contributed by atoms with Crippen molar-refractivity contribution in [2.24, 2.45) is 5.92 Å². The molecule has 0 aromatic carbocycles. The van der Waals surface area contributed by atoms with Crippen molar-refractivity contribution in [3.05, 3.63) is 17.7 Å². The van der Waals surface area contributed by atoms with Gasteiger partial charge < -0.3 is 19.1 Å². The normalized spacial score (nSPS) is 23.8. The zero-order valence-electron chi connectivity index (χ0n) is 19.5. The number of nitrogens with zero attached hydrogens (tertiary/aromatic N) is 5. The highest BCUT2D eigenvalue weighted by molar-refractivity contribution is 5.93. The maximum absolute atomic E-state index is 13.5. The molecule has 1 saturated carbocycles. The Morgan fingerprint density at radius 2 is 1.88 bits per heavy atom. The van der Waals surface area contributed by atoms with Gasteiger partial charge in [-0.15, -0.1) is 0 Å². The van der Waals surface area contributed by atoms with E-state index in [1.54, 1.807) is 0 Å². The van der Waals surface area contributed by atoms with E-state index in [0.29, 0.717) is 25.1 Å². The predicted molar refractivity (Wildman–Crippen MR) is 116 cm³/mol. The van der Waals surface area contributed by atoms with Crippen LogP contribution in [0.5, 0.6) is 0 Å². The molecule has 1 atom stereocenters. The van der Waals surface area contributed by atoms with Gasteiger partial charge in [0.25, 0.3) is 5.91 Å². The lowest BCUT2D eigenvalue weighted by Gasteiger charge is -2.44. The number of alkyl halides is 3. The molecule has 2 amide bonds. The summed E-state index contributed by atoms with van der Waals surface area (Å²) in [6, 6.07) is 0.